The molecule has 0 amide bonds. The lowest BCUT2D eigenvalue weighted by molar-refractivity contribution is -0.137. The van der Waals surface area contributed by atoms with Gasteiger partial charge in [-0.3, -0.25) is 4.21 Å². The summed E-state index contributed by atoms with van der Waals surface area (Å²) in [6.45, 7) is 1.61. The maximum atomic E-state index is 12.5. The molecule has 20 heavy (non-hydrogen) atoms. The van der Waals surface area contributed by atoms with Crippen molar-refractivity contribution < 1.29 is 21.9 Å². The van der Waals surface area contributed by atoms with Crippen molar-refractivity contribution in [2.24, 2.45) is 0 Å². The highest BCUT2D eigenvalue weighted by atomic mass is 32.2. The molecule has 0 aliphatic carbocycles. The van der Waals surface area contributed by atoms with Crippen LogP contribution in [0.4, 0.5) is 13.2 Å². The van der Waals surface area contributed by atoms with Crippen LogP contribution in [0, 0.1) is 6.92 Å². The maximum Gasteiger partial charge on any atom is 0.419 e. The Bertz CT molecular complexity index is 656. The minimum absolute atomic E-state index is 0.119. The topological polar surface area (TPSA) is 83.7 Å². The van der Waals surface area contributed by atoms with E-state index < -0.39 is 22.8 Å². The Hall–Kier alpha value is -1.81. The zero-order chi connectivity index (χ0) is 14.9. The lowest BCUT2D eigenvalue weighted by atomic mass is 10.3. The van der Waals surface area contributed by atoms with Gasteiger partial charge < -0.3 is 4.55 Å². The highest BCUT2D eigenvalue weighted by molar-refractivity contribution is 7.78. The van der Waals surface area contributed by atoms with Gasteiger partial charge in [0, 0.05) is 12.4 Å². The quantitative estimate of drug-likeness (QED) is 0.800. The molecule has 1 atom stereocenters. The van der Waals surface area contributed by atoms with E-state index in [-0.39, 0.29) is 17.4 Å². The van der Waals surface area contributed by atoms with E-state index >= 15 is 0 Å². The number of halogens is 3. The smallest absolute Gasteiger partial charge is 0.419 e. The largest absolute Gasteiger partial charge is 0.772 e. The van der Waals surface area contributed by atoms with Crippen LogP contribution in [0.25, 0.3) is 5.95 Å². The lowest BCUT2D eigenvalue weighted by Gasteiger charge is -2.08. The lowest BCUT2D eigenvalue weighted by Crippen LogP contribution is -2.08. The molecule has 2 aromatic rings. The average Bonchev–Trinajstić information content (AvgIpc) is 2.80. The molecule has 0 saturated heterocycles. The fourth-order valence-electron chi connectivity index (χ4n) is 1.41. The number of hydrogen-bond acceptors (Lipinski definition) is 5. The second-order valence-corrected chi connectivity index (χ2v) is 4.82. The van der Waals surface area contributed by atoms with Crippen LogP contribution >= 0.6 is 0 Å². The number of alkyl halides is 3. The Morgan fingerprint density at radius 1 is 1.40 bits per heavy atom. The summed E-state index contributed by atoms with van der Waals surface area (Å²) in [5, 5.41) is 3.52. The third-order valence-electron chi connectivity index (χ3n) is 2.43. The first-order chi connectivity index (χ1) is 9.27. The highest BCUT2D eigenvalue weighted by Crippen LogP contribution is 2.28. The Morgan fingerprint density at radius 2 is 2.10 bits per heavy atom. The molecule has 0 N–H and O–H groups in total. The Kier molecular flexibility index (Phi) is 3.86. The van der Waals surface area contributed by atoms with E-state index in [2.05, 4.69) is 15.1 Å². The van der Waals surface area contributed by atoms with Crippen molar-refractivity contribution in [3.63, 3.8) is 0 Å². The molecule has 2 rings (SSSR count). The van der Waals surface area contributed by atoms with E-state index in [1.807, 2.05) is 0 Å². The van der Waals surface area contributed by atoms with E-state index in [9.17, 15) is 21.9 Å². The minimum Gasteiger partial charge on any atom is -0.772 e. The third-order valence-corrected chi connectivity index (χ3v) is 2.94. The molecule has 0 spiro atoms. The van der Waals surface area contributed by atoms with Gasteiger partial charge in [0.25, 0.3) is 5.95 Å². The zero-order valence-electron chi connectivity index (χ0n) is 10.1. The predicted octanol–water partition coefficient (Wildman–Crippen LogP) is 1.37. The molecule has 1 unspecified atom stereocenters. The standard InChI is InChI=1S/C10H9F3N4O2S/c1-6-2-14-9(16-8(6)5-20(18)19)17-4-7(3-15-17)10(11,12)13/h2-4H,5H2,1H3,(H,18,19)/p-1. The highest BCUT2D eigenvalue weighted by Gasteiger charge is 2.32. The van der Waals surface area contributed by atoms with E-state index in [1.165, 1.54) is 6.20 Å². The van der Waals surface area contributed by atoms with Crippen molar-refractivity contribution in [3.8, 4) is 5.95 Å². The Labute approximate surface area is 114 Å². The molecule has 0 radical (unpaired) electrons. The van der Waals surface area contributed by atoms with Gasteiger partial charge in [0.15, 0.2) is 0 Å². The van der Waals surface area contributed by atoms with Crippen molar-refractivity contribution >= 4 is 11.1 Å². The molecule has 10 heteroatoms. The van der Waals surface area contributed by atoms with E-state index in [1.54, 1.807) is 6.92 Å². The van der Waals surface area contributed by atoms with Crippen molar-refractivity contribution in [1.82, 2.24) is 19.7 Å². The molecule has 0 aromatic carbocycles. The molecular weight excluding hydrogens is 297 g/mol. The molecule has 108 valence electrons. The molecule has 0 aliphatic heterocycles. The van der Waals surface area contributed by atoms with Crippen LogP contribution < -0.4 is 0 Å². The first-order valence-electron chi connectivity index (χ1n) is 5.28. The summed E-state index contributed by atoms with van der Waals surface area (Å²) < 4.78 is 59.6. The van der Waals surface area contributed by atoms with Gasteiger partial charge in [0.2, 0.25) is 0 Å². The second-order valence-electron chi connectivity index (χ2n) is 3.92. The van der Waals surface area contributed by atoms with Gasteiger partial charge in [0.05, 0.1) is 23.2 Å². The first-order valence-corrected chi connectivity index (χ1v) is 6.52. The van der Waals surface area contributed by atoms with Crippen LogP contribution in [0.5, 0.6) is 0 Å². The van der Waals surface area contributed by atoms with Gasteiger partial charge in [-0.15, -0.1) is 0 Å². The van der Waals surface area contributed by atoms with Gasteiger partial charge in [-0.25, -0.2) is 14.6 Å². The summed E-state index contributed by atoms with van der Waals surface area (Å²) >= 11 is -2.35. The predicted molar refractivity (Wildman–Crippen MR) is 61.5 cm³/mol. The van der Waals surface area contributed by atoms with Crippen molar-refractivity contribution in [2.75, 3.05) is 0 Å². The van der Waals surface area contributed by atoms with Crippen LogP contribution in [0.1, 0.15) is 16.8 Å². The summed E-state index contributed by atoms with van der Waals surface area (Å²) in [5.41, 5.74) is -0.191. The molecular formula is C10H8F3N4O2S-. The number of aryl methyl sites for hydroxylation is 1. The first kappa shape index (κ1) is 14.6. The number of nitrogens with zero attached hydrogens (tertiary/aromatic N) is 4. The van der Waals surface area contributed by atoms with Crippen LogP contribution in [0.2, 0.25) is 0 Å². The van der Waals surface area contributed by atoms with Crippen molar-refractivity contribution in [1.29, 1.82) is 0 Å². The van der Waals surface area contributed by atoms with Crippen molar-refractivity contribution in [3.05, 3.63) is 35.4 Å². The van der Waals surface area contributed by atoms with Gasteiger partial charge in [-0.1, -0.05) is 0 Å². The van der Waals surface area contributed by atoms with Crippen LogP contribution in [0.15, 0.2) is 18.6 Å². The monoisotopic (exact) mass is 305 g/mol. The van der Waals surface area contributed by atoms with Gasteiger partial charge in [0.1, 0.15) is 0 Å². The van der Waals surface area contributed by atoms with Crippen LogP contribution in [-0.2, 0) is 23.0 Å². The zero-order valence-corrected chi connectivity index (χ0v) is 10.9. The molecule has 6 nitrogen and oxygen atoms in total. The summed E-state index contributed by atoms with van der Waals surface area (Å²) in [7, 11) is 0. The SMILES string of the molecule is Cc1cnc(-n2cc(C(F)(F)F)cn2)nc1CS(=O)[O-]. The molecule has 2 aromatic heterocycles. The summed E-state index contributed by atoms with van der Waals surface area (Å²) in [6, 6.07) is 0. The summed E-state index contributed by atoms with van der Waals surface area (Å²) in [5.74, 6) is -0.457. The normalized spacial score (nSPS) is 13.4. The fraction of sp³-hybridized carbons (Fsp3) is 0.300. The number of aromatic nitrogens is 4. The van der Waals surface area contributed by atoms with Gasteiger partial charge in [-0.2, -0.15) is 18.3 Å². The number of rotatable bonds is 3. The summed E-state index contributed by atoms with van der Waals surface area (Å²) in [4.78, 5) is 7.74. The van der Waals surface area contributed by atoms with Crippen molar-refractivity contribution in [2.45, 2.75) is 18.9 Å². The fourth-order valence-corrected chi connectivity index (χ4v) is 1.93. The minimum atomic E-state index is -4.51. The van der Waals surface area contributed by atoms with E-state index in [0.717, 1.165) is 10.9 Å². The molecule has 0 bridgehead atoms. The van der Waals surface area contributed by atoms with Gasteiger partial charge >= 0.3 is 6.18 Å². The van der Waals surface area contributed by atoms with Crippen LogP contribution in [-0.4, -0.2) is 28.5 Å². The molecule has 2 heterocycles. The maximum absolute atomic E-state index is 12.5. The van der Waals surface area contributed by atoms with Gasteiger partial charge in [-0.05, 0) is 23.6 Å². The van der Waals surface area contributed by atoms with Crippen LogP contribution in [0.3, 0.4) is 0 Å². The Morgan fingerprint density at radius 3 is 2.65 bits per heavy atom. The molecule has 0 saturated carbocycles. The van der Waals surface area contributed by atoms with E-state index in [0.29, 0.717) is 11.8 Å². The number of hydrogen-bond donors (Lipinski definition) is 0. The molecule has 0 fully saturated rings. The summed E-state index contributed by atoms with van der Waals surface area (Å²) in [6.07, 6.45) is -1.79. The Balaban J connectivity index is 2.38. The third kappa shape index (κ3) is 3.20. The average molecular weight is 305 g/mol. The molecule has 0 aliphatic rings. The van der Waals surface area contributed by atoms with E-state index in [4.69, 9.17) is 0 Å². The second kappa shape index (κ2) is 5.29.